The maximum absolute atomic E-state index is 13.9. The summed E-state index contributed by atoms with van der Waals surface area (Å²) in [5, 5.41) is 0. The Kier molecular flexibility index (Phi) is 6.06. The summed E-state index contributed by atoms with van der Waals surface area (Å²) < 4.78 is 19.6. The van der Waals surface area contributed by atoms with Crippen molar-refractivity contribution in [1.82, 2.24) is 19.9 Å². The Morgan fingerprint density at radius 2 is 2.10 bits per heavy atom. The quantitative estimate of drug-likeness (QED) is 0.659. The third kappa shape index (κ3) is 4.63. The first kappa shape index (κ1) is 20.7. The van der Waals surface area contributed by atoms with Crippen molar-refractivity contribution >= 4 is 5.91 Å². The van der Waals surface area contributed by atoms with Crippen LogP contribution in [0.3, 0.4) is 0 Å². The van der Waals surface area contributed by atoms with Crippen molar-refractivity contribution in [3.63, 3.8) is 0 Å². The summed E-state index contributed by atoms with van der Waals surface area (Å²) in [4.78, 5) is 38.4. The number of likely N-dealkylation sites (tertiary alicyclic amines) is 1. The number of aromatic amines is 1. The molecule has 1 N–H and O–H groups in total. The zero-order valence-corrected chi connectivity index (χ0v) is 17.1. The highest BCUT2D eigenvalue weighted by Crippen LogP contribution is 2.28. The van der Waals surface area contributed by atoms with Gasteiger partial charge in [-0.25, -0.2) is 9.37 Å². The molecule has 160 valence electrons. The molecule has 4 rings (SSSR count). The number of amides is 1. The normalized spacial score (nSPS) is 16.8. The molecule has 3 heterocycles. The summed E-state index contributed by atoms with van der Waals surface area (Å²) >= 11 is 0. The van der Waals surface area contributed by atoms with Crippen LogP contribution in [-0.2, 0) is 4.79 Å². The van der Waals surface area contributed by atoms with E-state index in [2.05, 4.69) is 15.0 Å². The van der Waals surface area contributed by atoms with Gasteiger partial charge < -0.3 is 14.6 Å². The van der Waals surface area contributed by atoms with Gasteiger partial charge in [-0.05, 0) is 37.1 Å². The van der Waals surface area contributed by atoms with Crippen molar-refractivity contribution in [2.75, 3.05) is 13.1 Å². The van der Waals surface area contributed by atoms with Gasteiger partial charge in [-0.3, -0.25) is 14.6 Å². The summed E-state index contributed by atoms with van der Waals surface area (Å²) in [5.41, 5.74) is 0.948. The van der Waals surface area contributed by atoms with Crippen LogP contribution in [0, 0.1) is 5.82 Å². The van der Waals surface area contributed by atoms with E-state index in [1.165, 1.54) is 18.2 Å². The first-order chi connectivity index (χ1) is 15.0. The number of pyridine rings is 1. The lowest BCUT2D eigenvalue weighted by Gasteiger charge is -2.23. The molecule has 1 fully saturated rings. The maximum atomic E-state index is 13.9. The van der Waals surface area contributed by atoms with Crippen molar-refractivity contribution in [3.8, 4) is 17.3 Å². The smallest absolute Gasteiger partial charge is 0.263 e. The Morgan fingerprint density at radius 3 is 2.84 bits per heavy atom. The van der Waals surface area contributed by atoms with Gasteiger partial charge >= 0.3 is 0 Å². The Morgan fingerprint density at radius 1 is 1.29 bits per heavy atom. The molecule has 2 atom stereocenters. The maximum Gasteiger partial charge on any atom is 0.263 e. The second-order valence-corrected chi connectivity index (χ2v) is 7.45. The number of carbonyl (C=O) groups excluding carboxylic acids is 1. The third-order valence-corrected chi connectivity index (χ3v) is 5.34. The van der Waals surface area contributed by atoms with Gasteiger partial charge in [0.15, 0.2) is 23.5 Å². The minimum atomic E-state index is -0.771. The van der Waals surface area contributed by atoms with E-state index in [0.717, 1.165) is 0 Å². The predicted molar refractivity (Wildman–Crippen MR) is 113 cm³/mol. The van der Waals surface area contributed by atoms with Crippen LogP contribution < -0.4 is 10.3 Å². The molecule has 2 aromatic heterocycles. The molecule has 0 saturated carbocycles. The predicted octanol–water partition coefficient (Wildman–Crippen LogP) is 3.14. The second kappa shape index (κ2) is 9.07. The lowest BCUT2D eigenvalue weighted by Crippen LogP contribution is -2.40. The molecule has 1 aliphatic rings. The van der Waals surface area contributed by atoms with Gasteiger partial charge in [0.2, 0.25) is 0 Å². The molecule has 1 aromatic carbocycles. The average molecular weight is 422 g/mol. The summed E-state index contributed by atoms with van der Waals surface area (Å²) in [7, 11) is 0. The van der Waals surface area contributed by atoms with Gasteiger partial charge in [-0.15, -0.1) is 0 Å². The average Bonchev–Trinajstić information content (AvgIpc) is 3.29. The number of benzene rings is 1. The Balaban J connectivity index is 1.49. The van der Waals surface area contributed by atoms with Crippen LogP contribution in [0.4, 0.5) is 4.39 Å². The first-order valence-corrected chi connectivity index (χ1v) is 10.3. The van der Waals surface area contributed by atoms with Crippen LogP contribution in [0.2, 0.25) is 0 Å². The van der Waals surface area contributed by atoms with Gasteiger partial charge in [0.1, 0.15) is 5.69 Å². The molecule has 3 aromatic rings. The van der Waals surface area contributed by atoms with E-state index in [0.29, 0.717) is 43.1 Å². The van der Waals surface area contributed by atoms with Gasteiger partial charge in [-0.2, -0.15) is 0 Å². The van der Waals surface area contributed by atoms with Crippen LogP contribution in [0.15, 0.2) is 59.5 Å². The summed E-state index contributed by atoms with van der Waals surface area (Å²) in [6.07, 6.45) is 1.96. The molecular formula is C23H23FN4O3. The topological polar surface area (TPSA) is 88.2 Å². The molecule has 1 aliphatic heterocycles. The van der Waals surface area contributed by atoms with E-state index in [4.69, 9.17) is 4.74 Å². The van der Waals surface area contributed by atoms with Crippen molar-refractivity contribution < 1.29 is 13.9 Å². The lowest BCUT2D eigenvalue weighted by atomic mass is 10.0. The zero-order valence-electron chi connectivity index (χ0n) is 17.1. The van der Waals surface area contributed by atoms with E-state index in [1.807, 2.05) is 13.0 Å². The number of rotatable bonds is 6. The standard InChI is InChI=1S/C23H23FN4O3/c1-2-19(31-20-9-4-3-7-16(20)24)23(30)28-12-10-15(14-28)18-13-21(29)27-22(26-18)17-8-5-6-11-25-17/h3-9,11,13,15,19H,2,10,12,14H2,1H3,(H,26,27,29)/t15-,19+/m1/s1. The van der Waals surface area contributed by atoms with Gasteiger partial charge in [0.05, 0.1) is 5.69 Å². The minimum Gasteiger partial charge on any atom is -0.478 e. The van der Waals surface area contributed by atoms with E-state index in [-0.39, 0.29) is 23.1 Å². The van der Waals surface area contributed by atoms with E-state index < -0.39 is 11.9 Å². The highest BCUT2D eigenvalue weighted by Gasteiger charge is 2.33. The molecule has 0 unspecified atom stereocenters. The summed E-state index contributed by atoms with van der Waals surface area (Å²) in [6, 6.07) is 12.9. The van der Waals surface area contributed by atoms with E-state index in [1.54, 1.807) is 35.4 Å². The molecule has 8 heteroatoms. The first-order valence-electron chi connectivity index (χ1n) is 10.3. The molecule has 0 bridgehead atoms. The second-order valence-electron chi connectivity index (χ2n) is 7.45. The SMILES string of the molecule is CC[C@H](Oc1ccccc1F)C(=O)N1CC[C@@H](c2cc(=O)[nH]c(-c3ccccn3)n2)C1. The summed E-state index contributed by atoms with van der Waals surface area (Å²) in [6.45, 7) is 2.77. The Hall–Kier alpha value is -3.55. The lowest BCUT2D eigenvalue weighted by molar-refractivity contribution is -0.137. The Bertz CT molecular complexity index is 1120. The third-order valence-electron chi connectivity index (χ3n) is 5.34. The molecule has 7 nitrogen and oxygen atoms in total. The van der Waals surface area contributed by atoms with Crippen LogP contribution in [-0.4, -0.2) is 45.0 Å². The molecule has 1 saturated heterocycles. The Labute approximate surface area is 178 Å². The van der Waals surface area contributed by atoms with E-state index in [9.17, 15) is 14.0 Å². The molecule has 31 heavy (non-hydrogen) atoms. The highest BCUT2D eigenvalue weighted by atomic mass is 19.1. The van der Waals surface area contributed by atoms with Crippen LogP contribution in [0.1, 0.15) is 31.4 Å². The number of halogens is 1. The highest BCUT2D eigenvalue weighted by molar-refractivity contribution is 5.81. The number of ether oxygens (including phenoxy) is 1. The van der Waals surface area contributed by atoms with Gasteiger partial charge in [0, 0.05) is 31.3 Å². The summed E-state index contributed by atoms with van der Waals surface area (Å²) in [5.74, 6) is -0.289. The number of H-pyrrole nitrogens is 1. The number of hydrogen-bond acceptors (Lipinski definition) is 5. The molecule has 0 spiro atoms. The number of hydrogen-bond donors (Lipinski definition) is 1. The van der Waals surface area contributed by atoms with Gasteiger partial charge in [0.25, 0.3) is 11.5 Å². The van der Waals surface area contributed by atoms with E-state index >= 15 is 0 Å². The number of carbonyl (C=O) groups is 1. The fourth-order valence-corrected chi connectivity index (χ4v) is 3.72. The number of nitrogens with zero attached hydrogens (tertiary/aromatic N) is 3. The number of aromatic nitrogens is 3. The largest absolute Gasteiger partial charge is 0.478 e. The van der Waals surface area contributed by atoms with Crippen molar-refractivity contribution in [2.45, 2.75) is 31.8 Å². The monoisotopic (exact) mass is 422 g/mol. The fourth-order valence-electron chi connectivity index (χ4n) is 3.72. The molecule has 0 radical (unpaired) electrons. The number of para-hydroxylation sites is 1. The molecular weight excluding hydrogens is 399 g/mol. The van der Waals surface area contributed by atoms with Crippen molar-refractivity contribution in [2.24, 2.45) is 0 Å². The fraction of sp³-hybridized carbons (Fsp3) is 0.304. The van der Waals surface area contributed by atoms with Crippen LogP contribution in [0.25, 0.3) is 11.5 Å². The molecule has 1 amide bonds. The molecule has 0 aliphatic carbocycles. The van der Waals surface area contributed by atoms with Crippen molar-refractivity contribution in [1.29, 1.82) is 0 Å². The zero-order chi connectivity index (χ0) is 21.8. The minimum absolute atomic E-state index is 0.0645. The van der Waals surface area contributed by atoms with Crippen LogP contribution >= 0.6 is 0 Å². The van der Waals surface area contributed by atoms with Gasteiger partial charge in [-0.1, -0.05) is 25.1 Å². The number of nitrogens with one attached hydrogen (secondary N) is 1. The van der Waals surface area contributed by atoms with Crippen LogP contribution in [0.5, 0.6) is 5.75 Å². The van der Waals surface area contributed by atoms with Crippen molar-refractivity contribution in [3.05, 3.63) is 76.6 Å².